The Labute approximate surface area is 115 Å². The summed E-state index contributed by atoms with van der Waals surface area (Å²) >= 11 is 0. The lowest BCUT2D eigenvalue weighted by Gasteiger charge is -2.20. The van der Waals surface area contributed by atoms with Crippen LogP contribution in [0.3, 0.4) is 0 Å². The molecule has 0 fully saturated rings. The minimum atomic E-state index is 1.10. The zero-order valence-electron chi connectivity index (χ0n) is 12.0. The van der Waals surface area contributed by atoms with Crippen LogP contribution in [-0.4, -0.2) is 14.1 Å². The quantitative estimate of drug-likeness (QED) is 0.671. The van der Waals surface area contributed by atoms with Crippen LogP contribution in [0.15, 0.2) is 36.4 Å². The number of fused-ring (bicyclic) bond motifs is 3. The zero-order chi connectivity index (χ0) is 13.4. The Morgan fingerprint density at radius 3 is 2.53 bits per heavy atom. The molecule has 0 amide bonds. The summed E-state index contributed by atoms with van der Waals surface area (Å²) in [4.78, 5) is 2.24. The second kappa shape index (κ2) is 4.73. The molecule has 0 spiro atoms. The van der Waals surface area contributed by atoms with Gasteiger partial charge in [0, 0.05) is 19.8 Å². The minimum absolute atomic E-state index is 1.10. The molecule has 1 aliphatic rings. The third kappa shape index (κ3) is 1.94. The summed E-state index contributed by atoms with van der Waals surface area (Å²) in [7, 11) is 4.28. The van der Waals surface area contributed by atoms with E-state index in [2.05, 4.69) is 62.3 Å². The van der Waals surface area contributed by atoms with E-state index in [4.69, 9.17) is 0 Å². The number of benzene rings is 2. The molecule has 2 aromatic rings. The predicted molar refractivity (Wildman–Crippen MR) is 83.0 cm³/mol. The Kier molecular flexibility index (Phi) is 3.06. The molecule has 0 heterocycles. The fraction of sp³-hybridized carbons (Fsp3) is 0.333. The first-order valence-corrected chi connectivity index (χ1v) is 7.12. The largest absolute Gasteiger partial charge is 0.377 e. The maximum Gasteiger partial charge on any atom is 0.0396 e. The maximum absolute atomic E-state index is 2.30. The van der Waals surface area contributed by atoms with Gasteiger partial charge in [-0.25, -0.2) is 0 Å². The Morgan fingerprint density at radius 2 is 1.79 bits per heavy atom. The van der Waals surface area contributed by atoms with Crippen LogP contribution in [-0.2, 0) is 12.8 Å². The van der Waals surface area contributed by atoms with Crippen LogP contribution >= 0.6 is 0 Å². The first kappa shape index (κ1) is 12.3. The highest BCUT2D eigenvalue weighted by molar-refractivity contribution is 5.81. The van der Waals surface area contributed by atoms with Crippen molar-refractivity contribution in [3.63, 3.8) is 0 Å². The van der Waals surface area contributed by atoms with Crippen LogP contribution in [0.1, 0.15) is 30.0 Å². The highest BCUT2D eigenvalue weighted by atomic mass is 15.1. The highest BCUT2D eigenvalue weighted by Crippen LogP contribution is 2.41. The molecule has 0 saturated heterocycles. The van der Waals surface area contributed by atoms with Gasteiger partial charge in [0.05, 0.1) is 0 Å². The van der Waals surface area contributed by atoms with Gasteiger partial charge >= 0.3 is 0 Å². The second-order valence-electron chi connectivity index (χ2n) is 5.57. The van der Waals surface area contributed by atoms with Crippen molar-refractivity contribution in [1.82, 2.24) is 0 Å². The van der Waals surface area contributed by atoms with Crippen molar-refractivity contribution >= 4 is 5.69 Å². The molecule has 0 N–H and O–H groups in total. The van der Waals surface area contributed by atoms with E-state index in [0.717, 1.165) is 6.42 Å². The lowest BCUT2D eigenvalue weighted by Crippen LogP contribution is -2.12. The van der Waals surface area contributed by atoms with Crippen LogP contribution in [0.5, 0.6) is 0 Å². The van der Waals surface area contributed by atoms with Crippen LogP contribution in [0, 0.1) is 0 Å². The summed E-state index contributed by atoms with van der Waals surface area (Å²) in [6.07, 6.45) is 3.47. The van der Waals surface area contributed by atoms with Crippen molar-refractivity contribution < 1.29 is 0 Å². The normalized spacial score (nSPS) is 12.2. The molecular weight excluding hydrogens is 230 g/mol. The molecule has 0 aliphatic heterocycles. The summed E-state index contributed by atoms with van der Waals surface area (Å²) in [5, 5.41) is 0. The SMILES string of the molecule is CCCc1c(N(C)C)ccc2c1Cc1ccccc1-2. The Morgan fingerprint density at radius 1 is 1.00 bits per heavy atom. The van der Waals surface area contributed by atoms with Crippen molar-refractivity contribution in [2.45, 2.75) is 26.2 Å². The molecule has 0 bridgehead atoms. The van der Waals surface area contributed by atoms with Crippen LogP contribution in [0.25, 0.3) is 11.1 Å². The molecular formula is C18H21N. The average Bonchev–Trinajstić information content (AvgIpc) is 2.78. The molecule has 0 aromatic heterocycles. The number of hydrogen-bond acceptors (Lipinski definition) is 1. The van der Waals surface area contributed by atoms with Gasteiger partial charge in [-0.3, -0.25) is 0 Å². The fourth-order valence-corrected chi connectivity index (χ4v) is 3.21. The molecule has 1 nitrogen and oxygen atoms in total. The van der Waals surface area contributed by atoms with E-state index in [1.54, 1.807) is 11.1 Å². The number of rotatable bonds is 3. The van der Waals surface area contributed by atoms with Gasteiger partial charge in [-0.2, -0.15) is 0 Å². The van der Waals surface area contributed by atoms with Gasteiger partial charge in [-0.05, 0) is 46.7 Å². The summed E-state index contributed by atoms with van der Waals surface area (Å²) in [6, 6.07) is 13.4. The van der Waals surface area contributed by atoms with Gasteiger partial charge in [0.2, 0.25) is 0 Å². The Hall–Kier alpha value is -1.76. The maximum atomic E-state index is 2.30. The van der Waals surface area contributed by atoms with E-state index < -0.39 is 0 Å². The van der Waals surface area contributed by atoms with Gasteiger partial charge in [0.15, 0.2) is 0 Å². The summed E-state index contributed by atoms with van der Waals surface area (Å²) in [5.74, 6) is 0. The van der Waals surface area contributed by atoms with Gasteiger partial charge < -0.3 is 4.90 Å². The van der Waals surface area contributed by atoms with E-state index in [-0.39, 0.29) is 0 Å². The highest BCUT2D eigenvalue weighted by Gasteiger charge is 2.22. The smallest absolute Gasteiger partial charge is 0.0396 e. The third-order valence-corrected chi connectivity index (χ3v) is 4.06. The monoisotopic (exact) mass is 251 g/mol. The van der Waals surface area contributed by atoms with Gasteiger partial charge in [0.25, 0.3) is 0 Å². The molecule has 3 rings (SSSR count). The molecule has 0 unspecified atom stereocenters. The van der Waals surface area contributed by atoms with Gasteiger partial charge in [-0.1, -0.05) is 43.7 Å². The van der Waals surface area contributed by atoms with E-state index in [9.17, 15) is 0 Å². The van der Waals surface area contributed by atoms with Crippen molar-refractivity contribution in [3.05, 3.63) is 53.1 Å². The zero-order valence-corrected chi connectivity index (χ0v) is 12.0. The fourth-order valence-electron chi connectivity index (χ4n) is 3.21. The van der Waals surface area contributed by atoms with Crippen LogP contribution in [0.4, 0.5) is 5.69 Å². The number of hydrogen-bond donors (Lipinski definition) is 0. The lowest BCUT2D eigenvalue weighted by molar-refractivity contribution is 0.899. The molecule has 2 aromatic carbocycles. The molecule has 0 atom stereocenters. The Balaban J connectivity index is 2.19. The van der Waals surface area contributed by atoms with Crippen LogP contribution < -0.4 is 4.90 Å². The van der Waals surface area contributed by atoms with Crippen molar-refractivity contribution in [1.29, 1.82) is 0 Å². The number of anilines is 1. The first-order valence-electron chi connectivity index (χ1n) is 7.12. The summed E-state index contributed by atoms with van der Waals surface area (Å²) < 4.78 is 0. The molecule has 0 radical (unpaired) electrons. The lowest BCUT2D eigenvalue weighted by atomic mass is 9.96. The molecule has 0 saturated carbocycles. The van der Waals surface area contributed by atoms with Gasteiger partial charge in [-0.15, -0.1) is 0 Å². The number of nitrogens with zero attached hydrogens (tertiary/aromatic N) is 1. The summed E-state index contributed by atoms with van der Waals surface area (Å²) in [5.41, 5.74) is 8.83. The average molecular weight is 251 g/mol. The minimum Gasteiger partial charge on any atom is -0.377 e. The molecule has 1 aliphatic carbocycles. The van der Waals surface area contributed by atoms with E-state index in [1.165, 1.54) is 35.2 Å². The standard InChI is InChI=1S/C18H21N/c1-4-7-16-17-12-13-8-5-6-9-14(13)15(17)10-11-18(16)19(2)3/h5-6,8-11H,4,7,12H2,1-3H3. The Bertz CT molecular complexity index is 611. The van der Waals surface area contributed by atoms with Crippen molar-refractivity contribution in [3.8, 4) is 11.1 Å². The van der Waals surface area contributed by atoms with Crippen molar-refractivity contribution in [2.75, 3.05) is 19.0 Å². The van der Waals surface area contributed by atoms with E-state index in [1.807, 2.05) is 0 Å². The summed E-state index contributed by atoms with van der Waals surface area (Å²) in [6.45, 7) is 2.26. The third-order valence-electron chi connectivity index (χ3n) is 4.06. The van der Waals surface area contributed by atoms with Gasteiger partial charge in [0.1, 0.15) is 0 Å². The predicted octanol–water partition coefficient (Wildman–Crippen LogP) is 4.28. The van der Waals surface area contributed by atoms with E-state index >= 15 is 0 Å². The molecule has 19 heavy (non-hydrogen) atoms. The van der Waals surface area contributed by atoms with Crippen molar-refractivity contribution in [2.24, 2.45) is 0 Å². The van der Waals surface area contributed by atoms with Crippen LogP contribution in [0.2, 0.25) is 0 Å². The topological polar surface area (TPSA) is 3.24 Å². The molecule has 1 heteroatoms. The second-order valence-corrected chi connectivity index (χ2v) is 5.57. The molecule has 98 valence electrons. The first-order chi connectivity index (χ1) is 9.22. The van der Waals surface area contributed by atoms with E-state index in [0.29, 0.717) is 0 Å².